The first-order chi connectivity index (χ1) is 10.0. The monoisotopic (exact) mass is 325 g/mol. The zero-order chi connectivity index (χ0) is 15.0. The number of nitrogens with zero attached hydrogens (tertiary/aromatic N) is 1. The SMILES string of the molecule is CN=S(=O)(C[C@]1(O)CCC[C@]12CCCS2)c1ccccc1. The van der Waals surface area contributed by atoms with E-state index in [0.29, 0.717) is 0 Å². The van der Waals surface area contributed by atoms with Gasteiger partial charge in [-0.05, 0) is 50.0 Å². The number of hydrogen-bond acceptors (Lipinski definition) is 4. The molecule has 5 heteroatoms. The summed E-state index contributed by atoms with van der Waals surface area (Å²) in [5, 5.41) is 11.3. The molecule has 1 saturated carbocycles. The van der Waals surface area contributed by atoms with Crippen LogP contribution < -0.4 is 0 Å². The first-order valence-corrected chi connectivity index (χ1v) is 10.3. The van der Waals surface area contributed by atoms with Gasteiger partial charge in [-0.15, -0.1) is 0 Å². The lowest BCUT2D eigenvalue weighted by Gasteiger charge is -2.39. The van der Waals surface area contributed by atoms with Crippen molar-refractivity contribution in [1.82, 2.24) is 0 Å². The van der Waals surface area contributed by atoms with Gasteiger partial charge in [-0.2, -0.15) is 11.8 Å². The minimum atomic E-state index is -2.55. The number of benzene rings is 1. The Hall–Kier alpha value is -0.520. The molecule has 1 aliphatic heterocycles. The summed E-state index contributed by atoms with van der Waals surface area (Å²) >= 11 is 1.89. The van der Waals surface area contributed by atoms with Crippen molar-refractivity contribution in [2.24, 2.45) is 4.36 Å². The Kier molecular flexibility index (Phi) is 4.10. The molecule has 1 spiro atoms. The highest BCUT2D eigenvalue weighted by Crippen LogP contribution is 2.56. The molecule has 116 valence electrons. The Morgan fingerprint density at radius 3 is 2.57 bits per heavy atom. The van der Waals surface area contributed by atoms with Crippen LogP contribution in [0.1, 0.15) is 32.1 Å². The van der Waals surface area contributed by atoms with E-state index >= 15 is 0 Å². The van der Waals surface area contributed by atoms with Crippen molar-refractivity contribution < 1.29 is 9.32 Å². The molecule has 1 saturated heterocycles. The maximum atomic E-state index is 13.3. The molecule has 3 rings (SSSR count). The zero-order valence-electron chi connectivity index (χ0n) is 12.5. The van der Waals surface area contributed by atoms with E-state index in [4.69, 9.17) is 0 Å². The van der Waals surface area contributed by atoms with Gasteiger partial charge < -0.3 is 5.11 Å². The van der Waals surface area contributed by atoms with Crippen LogP contribution in [0, 0.1) is 0 Å². The molecule has 3 atom stereocenters. The standard InChI is InChI=1S/C16H23NO2S2/c1-17-21(19,14-7-3-2-4-8-14)13-15(18)9-5-10-16(15)11-6-12-20-16/h2-4,7-8,18H,5-6,9-13H2,1H3/t15-,16+,21?/m1/s1. The third kappa shape index (κ3) is 2.53. The lowest BCUT2D eigenvalue weighted by molar-refractivity contribution is 0.0407. The van der Waals surface area contributed by atoms with Crippen LogP contribution in [-0.4, -0.2) is 38.2 Å². The summed E-state index contributed by atoms with van der Waals surface area (Å²) in [6, 6.07) is 9.42. The molecule has 1 aromatic rings. The van der Waals surface area contributed by atoms with Crippen molar-refractivity contribution in [2.45, 2.75) is 47.3 Å². The first-order valence-electron chi connectivity index (χ1n) is 7.58. The van der Waals surface area contributed by atoms with Gasteiger partial charge >= 0.3 is 0 Å². The lowest BCUT2D eigenvalue weighted by atomic mass is 9.88. The van der Waals surface area contributed by atoms with Gasteiger partial charge in [0, 0.05) is 16.7 Å². The number of aliphatic hydroxyl groups is 1. The van der Waals surface area contributed by atoms with E-state index in [-0.39, 0.29) is 10.5 Å². The molecule has 0 radical (unpaired) electrons. The Balaban J connectivity index is 1.96. The Bertz CT molecular complexity index is 611. The fraction of sp³-hybridized carbons (Fsp3) is 0.625. The topological polar surface area (TPSA) is 49.7 Å². The highest BCUT2D eigenvalue weighted by molar-refractivity contribution is 8.01. The molecule has 1 aliphatic carbocycles. The number of rotatable bonds is 3. The van der Waals surface area contributed by atoms with Crippen molar-refractivity contribution in [2.75, 3.05) is 18.6 Å². The smallest absolute Gasteiger partial charge is 0.0920 e. The second-order valence-electron chi connectivity index (χ2n) is 6.11. The van der Waals surface area contributed by atoms with E-state index in [1.54, 1.807) is 7.05 Å². The molecule has 0 bridgehead atoms. The summed E-state index contributed by atoms with van der Waals surface area (Å²) in [5.74, 6) is 1.38. The third-order valence-electron chi connectivity index (χ3n) is 4.96. The van der Waals surface area contributed by atoms with E-state index < -0.39 is 15.3 Å². The molecular weight excluding hydrogens is 302 g/mol. The van der Waals surface area contributed by atoms with Gasteiger partial charge in [-0.3, -0.25) is 0 Å². The zero-order valence-corrected chi connectivity index (χ0v) is 14.1. The van der Waals surface area contributed by atoms with Crippen molar-refractivity contribution in [3.63, 3.8) is 0 Å². The fourth-order valence-electron chi connectivity index (χ4n) is 3.80. The predicted molar refractivity (Wildman–Crippen MR) is 89.3 cm³/mol. The molecule has 0 aromatic heterocycles. The molecule has 3 nitrogen and oxygen atoms in total. The molecule has 1 unspecified atom stereocenters. The highest BCUT2D eigenvalue weighted by atomic mass is 32.2. The van der Waals surface area contributed by atoms with Crippen LogP contribution >= 0.6 is 11.8 Å². The lowest BCUT2D eigenvalue weighted by Crippen LogP contribution is -2.50. The molecule has 1 N–H and O–H groups in total. The largest absolute Gasteiger partial charge is 0.387 e. The molecule has 1 heterocycles. The van der Waals surface area contributed by atoms with Crippen LogP contribution in [0.2, 0.25) is 0 Å². The maximum absolute atomic E-state index is 13.3. The summed E-state index contributed by atoms with van der Waals surface area (Å²) in [4.78, 5) is 0.742. The average molecular weight is 325 g/mol. The average Bonchev–Trinajstić information content (AvgIpc) is 3.09. The normalized spacial score (nSPS) is 35.0. The Morgan fingerprint density at radius 2 is 1.95 bits per heavy atom. The quantitative estimate of drug-likeness (QED) is 0.927. The van der Waals surface area contributed by atoms with E-state index in [9.17, 15) is 9.32 Å². The Labute approximate surface area is 131 Å². The van der Waals surface area contributed by atoms with Gasteiger partial charge in [-0.1, -0.05) is 18.2 Å². The minimum Gasteiger partial charge on any atom is -0.387 e. The maximum Gasteiger partial charge on any atom is 0.0920 e. The van der Waals surface area contributed by atoms with E-state index in [1.807, 2.05) is 42.1 Å². The van der Waals surface area contributed by atoms with Crippen LogP contribution in [-0.2, 0) is 9.73 Å². The predicted octanol–water partition coefficient (Wildman–Crippen LogP) is 3.32. The summed E-state index contributed by atoms with van der Waals surface area (Å²) in [7, 11) is -0.936. The van der Waals surface area contributed by atoms with Crippen LogP contribution in [0.25, 0.3) is 0 Å². The Morgan fingerprint density at radius 1 is 1.24 bits per heavy atom. The fourth-order valence-corrected chi connectivity index (χ4v) is 7.75. The summed E-state index contributed by atoms with van der Waals surface area (Å²) < 4.78 is 17.4. The molecule has 0 amide bonds. The second kappa shape index (κ2) is 5.60. The van der Waals surface area contributed by atoms with Crippen molar-refractivity contribution in [3.8, 4) is 0 Å². The molecule has 2 fully saturated rings. The summed E-state index contributed by atoms with van der Waals surface area (Å²) in [6.07, 6.45) is 5.02. The van der Waals surface area contributed by atoms with Crippen molar-refractivity contribution >= 4 is 21.5 Å². The van der Waals surface area contributed by atoms with E-state index in [1.165, 1.54) is 0 Å². The summed E-state index contributed by atoms with van der Waals surface area (Å²) in [5.41, 5.74) is -0.847. The van der Waals surface area contributed by atoms with Crippen LogP contribution in [0.3, 0.4) is 0 Å². The number of hydrogen-bond donors (Lipinski definition) is 1. The highest BCUT2D eigenvalue weighted by Gasteiger charge is 2.56. The van der Waals surface area contributed by atoms with E-state index in [0.717, 1.165) is 42.8 Å². The molecule has 2 aliphatic rings. The van der Waals surface area contributed by atoms with Crippen LogP contribution in [0.5, 0.6) is 0 Å². The minimum absolute atomic E-state index is 0.0882. The molecule has 1 aromatic carbocycles. The molecular formula is C16H23NO2S2. The van der Waals surface area contributed by atoms with Gasteiger partial charge in [0.2, 0.25) is 0 Å². The van der Waals surface area contributed by atoms with Crippen LogP contribution in [0.15, 0.2) is 39.6 Å². The van der Waals surface area contributed by atoms with Crippen molar-refractivity contribution in [3.05, 3.63) is 30.3 Å². The number of thioether (sulfide) groups is 1. The molecule has 21 heavy (non-hydrogen) atoms. The first kappa shape index (κ1) is 15.4. The van der Waals surface area contributed by atoms with Gasteiger partial charge in [0.1, 0.15) is 0 Å². The van der Waals surface area contributed by atoms with Gasteiger partial charge in [0.05, 0.1) is 21.1 Å². The second-order valence-corrected chi connectivity index (χ2v) is 10.00. The van der Waals surface area contributed by atoms with Gasteiger partial charge in [0.15, 0.2) is 0 Å². The summed E-state index contributed by atoms with van der Waals surface area (Å²) in [6.45, 7) is 0. The van der Waals surface area contributed by atoms with E-state index in [2.05, 4.69) is 4.36 Å². The van der Waals surface area contributed by atoms with Gasteiger partial charge in [0.25, 0.3) is 0 Å². The third-order valence-corrected chi connectivity index (χ3v) is 9.26. The van der Waals surface area contributed by atoms with Crippen molar-refractivity contribution in [1.29, 1.82) is 0 Å². The van der Waals surface area contributed by atoms with Gasteiger partial charge in [-0.25, -0.2) is 8.57 Å². The van der Waals surface area contributed by atoms with Crippen LogP contribution in [0.4, 0.5) is 0 Å².